The largest absolute Gasteiger partial charge is 0.493 e. The van der Waals surface area contributed by atoms with Crippen LogP contribution >= 0.6 is 0 Å². The van der Waals surface area contributed by atoms with E-state index in [9.17, 15) is 9.59 Å². The third kappa shape index (κ3) is 3.40. The first-order valence-corrected chi connectivity index (χ1v) is 9.88. The fourth-order valence-electron chi connectivity index (χ4n) is 3.82. The average Bonchev–Trinajstić information content (AvgIpc) is 3.02. The number of ether oxygens (including phenoxy) is 1. The van der Waals surface area contributed by atoms with E-state index < -0.39 is 0 Å². The minimum Gasteiger partial charge on any atom is -0.493 e. The number of para-hydroxylation sites is 1. The molecule has 2 aromatic rings. The summed E-state index contributed by atoms with van der Waals surface area (Å²) in [5.74, 6) is 0.239. The molecule has 1 saturated heterocycles. The molecule has 144 valence electrons. The maximum atomic E-state index is 12.8. The molecule has 0 radical (unpaired) electrons. The zero-order valence-corrected chi connectivity index (χ0v) is 16.0. The van der Waals surface area contributed by atoms with E-state index in [2.05, 4.69) is 12.3 Å². The molecule has 5 nitrogen and oxygen atoms in total. The van der Waals surface area contributed by atoms with E-state index in [4.69, 9.17) is 4.74 Å². The van der Waals surface area contributed by atoms with Gasteiger partial charge in [0.2, 0.25) is 0 Å². The molecule has 0 bridgehead atoms. The molecule has 1 fully saturated rings. The molecule has 5 heteroatoms. The van der Waals surface area contributed by atoms with Crippen LogP contribution in [0.25, 0.3) is 6.08 Å². The molecule has 1 heterocycles. The van der Waals surface area contributed by atoms with Gasteiger partial charge in [0, 0.05) is 0 Å². The normalized spacial score (nSPS) is 17.6. The van der Waals surface area contributed by atoms with Crippen molar-refractivity contribution >= 4 is 23.6 Å². The van der Waals surface area contributed by atoms with Gasteiger partial charge in [-0.25, -0.2) is 5.01 Å². The second-order valence-electron chi connectivity index (χ2n) is 7.14. The molecule has 1 N–H and O–H groups in total. The Kier molecular flexibility index (Phi) is 5.15. The SMILES string of the molecule is CCCOc1ccc(/C=C2/C(=O)NN(c3ccccc3)C2=O)c2c1CCCC2. The standard InChI is InChI=1S/C23H24N2O3/c1-2-14-28-21-13-12-16(18-10-6-7-11-19(18)21)15-20-22(26)24-25(23(20)27)17-8-4-3-5-9-17/h3-5,8-9,12-13,15H,2,6-7,10-11,14H2,1H3,(H,24,26)/b20-15-. The average molecular weight is 376 g/mol. The third-order valence-corrected chi connectivity index (χ3v) is 5.20. The van der Waals surface area contributed by atoms with Crippen LogP contribution in [0.1, 0.15) is 42.9 Å². The second-order valence-corrected chi connectivity index (χ2v) is 7.14. The lowest BCUT2D eigenvalue weighted by Gasteiger charge is -2.22. The summed E-state index contributed by atoms with van der Waals surface area (Å²) in [5, 5.41) is 1.30. The van der Waals surface area contributed by atoms with Gasteiger partial charge in [-0.15, -0.1) is 0 Å². The highest BCUT2D eigenvalue weighted by atomic mass is 16.5. The number of hydrazine groups is 1. The Balaban J connectivity index is 1.69. The monoisotopic (exact) mass is 376 g/mol. The number of hydrogen-bond acceptors (Lipinski definition) is 3. The predicted molar refractivity (Wildman–Crippen MR) is 109 cm³/mol. The zero-order chi connectivity index (χ0) is 19.5. The van der Waals surface area contributed by atoms with Gasteiger partial charge in [-0.3, -0.25) is 15.0 Å². The number of fused-ring (bicyclic) bond motifs is 1. The van der Waals surface area contributed by atoms with Crippen LogP contribution < -0.4 is 15.2 Å². The predicted octanol–water partition coefficient (Wildman–Crippen LogP) is 3.82. The highest BCUT2D eigenvalue weighted by Crippen LogP contribution is 2.34. The van der Waals surface area contributed by atoms with Crippen molar-refractivity contribution in [2.24, 2.45) is 0 Å². The van der Waals surface area contributed by atoms with Crippen LogP contribution in [0.15, 0.2) is 48.0 Å². The van der Waals surface area contributed by atoms with E-state index in [0.29, 0.717) is 12.3 Å². The fraction of sp³-hybridized carbons (Fsp3) is 0.304. The van der Waals surface area contributed by atoms with Gasteiger partial charge >= 0.3 is 0 Å². The number of anilines is 1. The van der Waals surface area contributed by atoms with Gasteiger partial charge in [-0.1, -0.05) is 31.2 Å². The van der Waals surface area contributed by atoms with Crippen molar-refractivity contribution in [3.8, 4) is 5.75 Å². The molecule has 1 aliphatic heterocycles. The van der Waals surface area contributed by atoms with E-state index in [1.165, 1.54) is 16.1 Å². The highest BCUT2D eigenvalue weighted by Gasteiger charge is 2.34. The molecule has 0 aromatic heterocycles. The minimum absolute atomic E-state index is 0.166. The maximum Gasteiger partial charge on any atom is 0.282 e. The van der Waals surface area contributed by atoms with Crippen LogP contribution in [0.3, 0.4) is 0 Å². The van der Waals surface area contributed by atoms with Crippen LogP contribution in [0, 0.1) is 0 Å². The van der Waals surface area contributed by atoms with Crippen LogP contribution in [-0.2, 0) is 22.4 Å². The third-order valence-electron chi connectivity index (χ3n) is 5.20. The second kappa shape index (κ2) is 7.89. The van der Waals surface area contributed by atoms with Crippen molar-refractivity contribution in [3.63, 3.8) is 0 Å². The molecule has 1 aliphatic carbocycles. The summed E-state index contributed by atoms with van der Waals surface area (Å²) in [6.45, 7) is 2.79. The van der Waals surface area contributed by atoms with Crippen LogP contribution in [-0.4, -0.2) is 18.4 Å². The first kappa shape index (κ1) is 18.3. The highest BCUT2D eigenvalue weighted by molar-refractivity contribution is 6.31. The molecule has 2 amide bonds. The van der Waals surface area contributed by atoms with Crippen molar-refractivity contribution in [2.45, 2.75) is 39.0 Å². The van der Waals surface area contributed by atoms with Gasteiger partial charge in [-0.2, -0.15) is 0 Å². The van der Waals surface area contributed by atoms with Gasteiger partial charge in [0.05, 0.1) is 12.3 Å². The Morgan fingerprint density at radius 3 is 2.54 bits per heavy atom. The lowest BCUT2D eigenvalue weighted by Crippen LogP contribution is -2.35. The van der Waals surface area contributed by atoms with E-state index in [0.717, 1.165) is 43.4 Å². The number of benzene rings is 2. The van der Waals surface area contributed by atoms with Crippen LogP contribution in [0.2, 0.25) is 0 Å². The van der Waals surface area contributed by atoms with Crippen molar-refractivity contribution in [1.82, 2.24) is 5.43 Å². The van der Waals surface area contributed by atoms with Gasteiger partial charge in [0.15, 0.2) is 0 Å². The van der Waals surface area contributed by atoms with Gasteiger partial charge < -0.3 is 4.74 Å². The number of rotatable bonds is 5. The summed E-state index contributed by atoms with van der Waals surface area (Å²) >= 11 is 0. The topological polar surface area (TPSA) is 58.6 Å². The zero-order valence-electron chi connectivity index (χ0n) is 16.0. The lowest BCUT2D eigenvalue weighted by molar-refractivity contribution is -0.117. The summed E-state index contributed by atoms with van der Waals surface area (Å²) in [5.41, 5.74) is 6.83. The number of carbonyl (C=O) groups excluding carboxylic acids is 2. The van der Waals surface area contributed by atoms with E-state index in [-0.39, 0.29) is 17.4 Å². The molecule has 0 unspecified atom stereocenters. The first-order chi connectivity index (χ1) is 13.7. The quantitative estimate of drug-likeness (QED) is 0.638. The molecule has 28 heavy (non-hydrogen) atoms. The van der Waals surface area contributed by atoms with Crippen molar-refractivity contribution in [3.05, 3.63) is 64.7 Å². The van der Waals surface area contributed by atoms with Crippen molar-refractivity contribution < 1.29 is 14.3 Å². The van der Waals surface area contributed by atoms with E-state index >= 15 is 0 Å². The number of carbonyl (C=O) groups is 2. The smallest absolute Gasteiger partial charge is 0.282 e. The molecule has 2 aromatic carbocycles. The molecule has 0 saturated carbocycles. The molecular formula is C23H24N2O3. The van der Waals surface area contributed by atoms with Gasteiger partial charge in [0.25, 0.3) is 11.8 Å². The van der Waals surface area contributed by atoms with E-state index in [1.807, 2.05) is 30.3 Å². The summed E-state index contributed by atoms with van der Waals surface area (Å²) in [6, 6.07) is 13.1. The molecular weight excluding hydrogens is 352 g/mol. The first-order valence-electron chi connectivity index (χ1n) is 9.88. The van der Waals surface area contributed by atoms with Crippen molar-refractivity contribution in [1.29, 1.82) is 0 Å². The Labute approximate surface area is 165 Å². The van der Waals surface area contributed by atoms with Crippen LogP contribution in [0.4, 0.5) is 5.69 Å². The molecule has 4 rings (SSSR count). The Bertz CT molecular complexity index is 934. The lowest BCUT2D eigenvalue weighted by atomic mass is 9.87. The Morgan fingerprint density at radius 2 is 1.79 bits per heavy atom. The Morgan fingerprint density at radius 1 is 1.04 bits per heavy atom. The minimum atomic E-state index is -0.371. The number of hydrogen-bond donors (Lipinski definition) is 1. The number of amides is 2. The van der Waals surface area contributed by atoms with Gasteiger partial charge in [0.1, 0.15) is 11.3 Å². The summed E-state index contributed by atoms with van der Waals surface area (Å²) < 4.78 is 5.92. The molecule has 2 aliphatic rings. The summed E-state index contributed by atoms with van der Waals surface area (Å²) in [6.07, 6.45) is 6.85. The summed E-state index contributed by atoms with van der Waals surface area (Å²) in [4.78, 5) is 25.3. The van der Waals surface area contributed by atoms with Gasteiger partial charge in [-0.05, 0) is 73.1 Å². The summed E-state index contributed by atoms with van der Waals surface area (Å²) in [7, 11) is 0. The maximum absolute atomic E-state index is 12.8. The van der Waals surface area contributed by atoms with Crippen LogP contribution in [0.5, 0.6) is 5.75 Å². The number of nitrogens with one attached hydrogen (secondary N) is 1. The molecule has 0 spiro atoms. The fourth-order valence-corrected chi connectivity index (χ4v) is 3.82. The van der Waals surface area contributed by atoms with Crippen molar-refractivity contribution in [2.75, 3.05) is 11.6 Å². The number of nitrogens with zero attached hydrogens (tertiary/aromatic N) is 1. The Hall–Kier alpha value is -3.08. The van der Waals surface area contributed by atoms with E-state index in [1.54, 1.807) is 18.2 Å². The molecule has 0 atom stereocenters.